The number of nitrogens with zero attached hydrogens (tertiary/aromatic N) is 1. The molecule has 0 bridgehead atoms. The molecule has 0 aliphatic heterocycles. The predicted octanol–water partition coefficient (Wildman–Crippen LogP) is 0.696. The average Bonchev–Trinajstić information content (AvgIpc) is 2.95. The number of phenols is 1. The number of rotatable bonds is 8. The summed E-state index contributed by atoms with van der Waals surface area (Å²) >= 11 is 1.72. The van der Waals surface area contributed by atoms with E-state index in [1.807, 2.05) is 0 Å². The van der Waals surface area contributed by atoms with E-state index in [4.69, 9.17) is 15.2 Å². The number of nitrogens with two attached hydrogens (primary N) is 1. The second-order valence-corrected chi connectivity index (χ2v) is 12.5. The lowest BCUT2D eigenvalue weighted by Crippen LogP contribution is -2.74. The van der Waals surface area contributed by atoms with Crippen LogP contribution in [0.4, 0.5) is 0 Å². The summed E-state index contributed by atoms with van der Waals surface area (Å²) in [5, 5.41) is 22.5. The minimum absolute atomic E-state index is 0.0130. The first-order chi connectivity index (χ1) is 21.1. The molecule has 1 amide bonds. The van der Waals surface area contributed by atoms with Crippen LogP contribution < -0.4 is 5.73 Å². The Labute approximate surface area is 271 Å². The molecule has 45 heavy (non-hydrogen) atoms. The Hall–Kier alpha value is -3.76. The molecular weight excluding hydrogens is 703 g/mol. The van der Waals surface area contributed by atoms with E-state index in [-0.39, 0.29) is 46.3 Å². The van der Waals surface area contributed by atoms with Crippen molar-refractivity contribution in [2.45, 2.75) is 38.3 Å². The largest absolute Gasteiger partial charge is 0.507 e. The minimum atomic E-state index is -2.84. The van der Waals surface area contributed by atoms with Crippen molar-refractivity contribution in [3.05, 3.63) is 44.1 Å². The van der Waals surface area contributed by atoms with Gasteiger partial charge in [-0.05, 0) is 98.6 Å². The fraction of sp³-hybridized carbons (Fsp3) is 0.452. The van der Waals surface area contributed by atoms with Crippen LogP contribution in [0, 0.1) is 23.7 Å². The fourth-order valence-corrected chi connectivity index (χ4v) is 7.19. The Balaban J connectivity index is 1.86. The molecule has 4 rings (SSSR count). The van der Waals surface area contributed by atoms with Crippen LogP contribution in [0.1, 0.15) is 41.8 Å². The number of esters is 2. The Bertz CT molecular complexity index is 1580. The molecule has 0 aromatic heterocycles. The van der Waals surface area contributed by atoms with Crippen LogP contribution in [0.2, 0.25) is 0 Å². The molecule has 2 fully saturated rings. The Morgan fingerprint density at radius 2 is 1.69 bits per heavy atom. The van der Waals surface area contributed by atoms with Gasteiger partial charge in [0.05, 0.1) is 39.9 Å². The van der Waals surface area contributed by atoms with E-state index >= 15 is 0 Å². The van der Waals surface area contributed by atoms with Crippen LogP contribution in [-0.4, -0.2) is 95.0 Å². The number of Topliss-reactive ketones (excluding diaryl/α,β-unsaturated/α-hetero) is 4. The molecule has 2 saturated carbocycles. The van der Waals surface area contributed by atoms with Crippen molar-refractivity contribution in [3.63, 3.8) is 0 Å². The second-order valence-electron chi connectivity index (χ2n) is 11.3. The zero-order chi connectivity index (χ0) is 33.5. The molecule has 0 radical (unpaired) electrons. The molecular formula is C31H33IN2O11. The second kappa shape index (κ2) is 12.9. The first-order valence-corrected chi connectivity index (χ1v) is 15.3. The highest BCUT2D eigenvalue weighted by molar-refractivity contribution is 14.1. The number of carbonyl (C=O) groups excluding carboxylic acids is 7. The highest BCUT2D eigenvalue weighted by Crippen LogP contribution is 2.51. The van der Waals surface area contributed by atoms with Gasteiger partial charge in [-0.1, -0.05) is 6.07 Å². The Kier molecular flexibility index (Phi) is 9.80. The van der Waals surface area contributed by atoms with Gasteiger partial charge in [0.2, 0.25) is 5.91 Å². The van der Waals surface area contributed by atoms with E-state index in [1.165, 1.54) is 43.3 Å². The number of primary amides is 1. The SMILES string of the molecule is CCOC(=O)/C(I)=C/C(=C/c1ccc(O)c2c1C[C@H]1C[C@H]3[C@H](N(C)C)C(=O)C(C(N)=O)C(=O)[C@@]3(O)C(=O)C1C2=O)C(=O)OCC. The number of aliphatic hydroxyl groups is 1. The molecule has 0 heterocycles. The monoisotopic (exact) mass is 736 g/mol. The fourth-order valence-electron chi connectivity index (χ4n) is 6.70. The molecule has 13 nitrogen and oxygen atoms in total. The normalized spacial score (nSPS) is 28.3. The van der Waals surface area contributed by atoms with Crippen molar-refractivity contribution in [1.29, 1.82) is 0 Å². The van der Waals surface area contributed by atoms with Crippen molar-refractivity contribution < 1.29 is 53.2 Å². The number of aromatic hydroxyl groups is 1. The summed E-state index contributed by atoms with van der Waals surface area (Å²) in [6, 6.07) is 1.42. The molecule has 1 aromatic rings. The van der Waals surface area contributed by atoms with Crippen LogP contribution in [0.25, 0.3) is 6.08 Å². The highest BCUT2D eigenvalue weighted by Gasteiger charge is 2.69. The van der Waals surface area contributed by atoms with Gasteiger partial charge in [-0.3, -0.25) is 28.9 Å². The van der Waals surface area contributed by atoms with Gasteiger partial charge in [-0.2, -0.15) is 0 Å². The molecule has 3 aliphatic rings. The van der Waals surface area contributed by atoms with E-state index in [0.717, 1.165) is 0 Å². The summed E-state index contributed by atoms with van der Waals surface area (Å²) < 4.78 is 10.2. The molecule has 6 atom stereocenters. The zero-order valence-corrected chi connectivity index (χ0v) is 27.2. The molecule has 3 aliphatic carbocycles. The molecule has 14 heteroatoms. The lowest BCUT2D eigenvalue weighted by atomic mass is 9.52. The third kappa shape index (κ3) is 5.74. The number of ether oxygens (including phenoxy) is 2. The standard InChI is InChI=1S/C31H33IN2O11/c1-5-44-29(41)15(12-18(32)30(42)45-6-2)9-13-7-8-19(35)21-16(13)10-14-11-17-23(34(3)4)25(37)22(28(33)40)27(39)31(17,43)26(38)20(14)24(21)36/h7-9,12,14,17,20,22-23,35,43H,5-6,10-11H2,1-4H3,(H2,33,40)/b15-9-,18-12-/t14-,17-,20?,22?,23-,31-/m0/s1. The number of likely N-dealkylation sites (N-methyl/N-ethyl adjacent to an activating group) is 1. The summed E-state index contributed by atoms with van der Waals surface area (Å²) in [4.78, 5) is 93.3. The number of amides is 1. The van der Waals surface area contributed by atoms with Gasteiger partial charge < -0.3 is 25.4 Å². The Morgan fingerprint density at radius 3 is 2.27 bits per heavy atom. The van der Waals surface area contributed by atoms with Crippen LogP contribution in [-0.2, 0) is 44.7 Å². The summed E-state index contributed by atoms with van der Waals surface area (Å²) in [5.41, 5.74) is 2.81. The van der Waals surface area contributed by atoms with E-state index in [1.54, 1.807) is 36.4 Å². The van der Waals surface area contributed by atoms with Crippen molar-refractivity contribution in [3.8, 4) is 5.75 Å². The molecule has 1 aromatic carbocycles. The number of carbonyl (C=O) groups is 7. The zero-order valence-electron chi connectivity index (χ0n) is 25.0. The lowest BCUT2D eigenvalue weighted by molar-refractivity contribution is -0.181. The van der Waals surface area contributed by atoms with Gasteiger partial charge in [0.1, 0.15) is 5.75 Å². The maximum Gasteiger partial charge on any atom is 0.344 e. The molecule has 0 spiro atoms. The van der Waals surface area contributed by atoms with Gasteiger partial charge in [0.25, 0.3) is 0 Å². The number of hydrogen-bond donors (Lipinski definition) is 3. The number of halogens is 1. The number of phenolic OH excluding ortho intramolecular Hbond substituents is 1. The maximum absolute atomic E-state index is 14.0. The van der Waals surface area contributed by atoms with Crippen LogP contribution in [0.15, 0.2) is 27.4 Å². The topological polar surface area (TPSA) is 208 Å². The minimum Gasteiger partial charge on any atom is -0.507 e. The van der Waals surface area contributed by atoms with Crippen molar-refractivity contribution in [1.82, 2.24) is 4.90 Å². The molecule has 2 unspecified atom stereocenters. The van der Waals surface area contributed by atoms with Gasteiger partial charge in [0, 0.05) is 5.92 Å². The van der Waals surface area contributed by atoms with Gasteiger partial charge in [-0.15, -0.1) is 0 Å². The van der Waals surface area contributed by atoms with Gasteiger partial charge in [-0.25, -0.2) is 9.59 Å². The molecule has 4 N–H and O–H groups in total. The number of benzene rings is 1. The number of hydrogen-bond acceptors (Lipinski definition) is 12. The van der Waals surface area contributed by atoms with E-state index in [2.05, 4.69) is 0 Å². The Morgan fingerprint density at radius 1 is 1.07 bits per heavy atom. The summed E-state index contributed by atoms with van der Waals surface area (Å²) in [6.07, 6.45) is 2.51. The number of fused-ring (bicyclic) bond motifs is 3. The summed E-state index contributed by atoms with van der Waals surface area (Å²) in [5.74, 6) is -13.2. The number of ketones is 4. The third-order valence-electron chi connectivity index (χ3n) is 8.56. The molecule has 0 saturated heterocycles. The van der Waals surface area contributed by atoms with E-state index < -0.39 is 82.0 Å². The van der Waals surface area contributed by atoms with Crippen LogP contribution >= 0.6 is 22.6 Å². The maximum atomic E-state index is 14.0. The van der Waals surface area contributed by atoms with Gasteiger partial charge >= 0.3 is 11.9 Å². The summed E-state index contributed by atoms with van der Waals surface area (Å²) in [7, 11) is 3.00. The highest BCUT2D eigenvalue weighted by atomic mass is 127. The smallest absolute Gasteiger partial charge is 0.344 e. The van der Waals surface area contributed by atoms with Gasteiger partial charge in [0.15, 0.2) is 34.7 Å². The lowest BCUT2D eigenvalue weighted by Gasteiger charge is -2.52. The van der Waals surface area contributed by atoms with Crippen LogP contribution in [0.5, 0.6) is 5.75 Å². The predicted molar refractivity (Wildman–Crippen MR) is 165 cm³/mol. The third-order valence-corrected chi connectivity index (χ3v) is 9.31. The molecule has 240 valence electrons. The summed E-state index contributed by atoms with van der Waals surface area (Å²) in [6.45, 7) is 3.37. The quantitative estimate of drug-likeness (QED) is 0.111. The van der Waals surface area contributed by atoms with E-state index in [9.17, 15) is 43.8 Å². The van der Waals surface area contributed by atoms with Crippen molar-refractivity contribution in [2.75, 3.05) is 27.3 Å². The van der Waals surface area contributed by atoms with Crippen LogP contribution in [0.3, 0.4) is 0 Å². The first kappa shape index (κ1) is 34.1. The first-order valence-electron chi connectivity index (χ1n) is 14.2. The van der Waals surface area contributed by atoms with Crippen molar-refractivity contribution in [2.24, 2.45) is 29.4 Å². The average molecular weight is 737 g/mol. The van der Waals surface area contributed by atoms with Crippen molar-refractivity contribution >= 4 is 69.6 Å². The van der Waals surface area contributed by atoms with E-state index in [0.29, 0.717) is 5.56 Å².